The lowest BCUT2D eigenvalue weighted by molar-refractivity contribution is 0.670. The zero-order chi connectivity index (χ0) is 29.3. The van der Waals surface area contributed by atoms with Crippen molar-refractivity contribution in [2.75, 3.05) is 4.90 Å². The molecular formula is C42H29NO. The molecule has 0 unspecified atom stereocenters. The zero-order valence-electron chi connectivity index (χ0n) is 24.1. The van der Waals surface area contributed by atoms with Gasteiger partial charge in [-0.05, 0) is 88.5 Å². The lowest BCUT2D eigenvalue weighted by Gasteiger charge is -2.26. The first-order chi connectivity index (χ1) is 21.8. The van der Waals surface area contributed by atoms with E-state index < -0.39 is 0 Å². The van der Waals surface area contributed by atoms with Gasteiger partial charge in [-0.2, -0.15) is 0 Å². The van der Waals surface area contributed by atoms with Crippen LogP contribution in [0.5, 0.6) is 0 Å². The molecule has 7 aromatic carbocycles. The van der Waals surface area contributed by atoms with Crippen molar-refractivity contribution >= 4 is 39.0 Å². The van der Waals surface area contributed by atoms with E-state index in [1.54, 1.807) is 0 Å². The lowest BCUT2D eigenvalue weighted by Crippen LogP contribution is -2.09. The first kappa shape index (κ1) is 25.8. The van der Waals surface area contributed by atoms with E-state index in [4.69, 9.17) is 4.42 Å². The minimum atomic E-state index is 0.884. The molecule has 0 aliphatic carbocycles. The van der Waals surface area contributed by atoms with Gasteiger partial charge in [0.05, 0.1) is 0 Å². The topological polar surface area (TPSA) is 16.4 Å². The fourth-order valence-electron chi connectivity index (χ4n) is 6.13. The highest BCUT2D eigenvalue weighted by Crippen LogP contribution is 2.44. The number of hydrogen-bond acceptors (Lipinski definition) is 2. The number of nitrogens with zero attached hydrogens (tertiary/aromatic N) is 1. The van der Waals surface area contributed by atoms with E-state index in [0.29, 0.717) is 0 Å². The van der Waals surface area contributed by atoms with E-state index in [0.717, 1.165) is 50.1 Å². The van der Waals surface area contributed by atoms with Gasteiger partial charge in [0.1, 0.15) is 11.2 Å². The highest BCUT2D eigenvalue weighted by molar-refractivity contribution is 6.12. The lowest BCUT2D eigenvalue weighted by atomic mass is 9.92. The van der Waals surface area contributed by atoms with Gasteiger partial charge in [-0.15, -0.1) is 0 Å². The quantitative estimate of drug-likeness (QED) is 0.200. The van der Waals surface area contributed by atoms with Crippen molar-refractivity contribution in [3.8, 4) is 33.4 Å². The first-order valence-corrected chi connectivity index (χ1v) is 14.9. The number of para-hydroxylation sites is 3. The third kappa shape index (κ3) is 4.73. The Morgan fingerprint density at radius 2 is 0.818 bits per heavy atom. The molecule has 1 heterocycles. The highest BCUT2D eigenvalue weighted by atomic mass is 16.3. The second-order valence-electron chi connectivity index (χ2n) is 11.0. The Bertz CT molecular complexity index is 2100. The molecule has 0 aliphatic heterocycles. The van der Waals surface area contributed by atoms with E-state index in [-0.39, 0.29) is 0 Å². The van der Waals surface area contributed by atoms with Crippen molar-refractivity contribution < 1.29 is 4.42 Å². The molecule has 0 saturated heterocycles. The SMILES string of the molecule is c1ccc(-c2cc(-c3ccccc3)cc(-c3cc(N(c4ccccc4)c4ccccc4)cc4c3oc3ccccc34)c2)cc1. The summed E-state index contributed by atoms with van der Waals surface area (Å²) < 4.78 is 6.66. The average molecular weight is 564 g/mol. The first-order valence-electron chi connectivity index (χ1n) is 14.9. The fourth-order valence-corrected chi connectivity index (χ4v) is 6.13. The normalized spacial score (nSPS) is 11.2. The highest BCUT2D eigenvalue weighted by Gasteiger charge is 2.20. The molecule has 0 N–H and O–H groups in total. The summed E-state index contributed by atoms with van der Waals surface area (Å²) in [5, 5.41) is 2.20. The van der Waals surface area contributed by atoms with Crippen LogP contribution in [0.25, 0.3) is 55.3 Å². The van der Waals surface area contributed by atoms with Crippen LogP contribution in [0.3, 0.4) is 0 Å². The van der Waals surface area contributed by atoms with Crippen molar-refractivity contribution in [3.05, 3.63) is 176 Å². The van der Waals surface area contributed by atoms with Crippen LogP contribution in [0.4, 0.5) is 17.1 Å². The van der Waals surface area contributed by atoms with Gasteiger partial charge in [-0.25, -0.2) is 0 Å². The molecule has 0 bridgehead atoms. The van der Waals surface area contributed by atoms with Crippen LogP contribution in [0.2, 0.25) is 0 Å². The molecule has 0 spiro atoms. The Hall–Kier alpha value is -5.86. The van der Waals surface area contributed by atoms with Crippen molar-refractivity contribution in [1.29, 1.82) is 0 Å². The van der Waals surface area contributed by atoms with Crippen molar-refractivity contribution in [1.82, 2.24) is 0 Å². The number of furan rings is 1. The minimum absolute atomic E-state index is 0.884. The number of rotatable bonds is 6. The number of hydrogen-bond donors (Lipinski definition) is 0. The summed E-state index contributed by atoms with van der Waals surface area (Å²) in [6.07, 6.45) is 0. The molecule has 44 heavy (non-hydrogen) atoms. The summed E-state index contributed by atoms with van der Waals surface area (Å²) in [5.41, 5.74) is 11.9. The monoisotopic (exact) mass is 563 g/mol. The fraction of sp³-hybridized carbons (Fsp3) is 0. The van der Waals surface area contributed by atoms with Crippen LogP contribution in [0.15, 0.2) is 180 Å². The number of anilines is 3. The molecule has 0 aliphatic rings. The second kappa shape index (κ2) is 11.1. The van der Waals surface area contributed by atoms with Crippen LogP contribution in [-0.2, 0) is 0 Å². The summed E-state index contributed by atoms with van der Waals surface area (Å²) in [6.45, 7) is 0. The molecule has 2 nitrogen and oxygen atoms in total. The van der Waals surface area contributed by atoms with Crippen LogP contribution < -0.4 is 4.90 Å². The van der Waals surface area contributed by atoms with Crippen LogP contribution >= 0.6 is 0 Å². The third-order valence-corrected chi connectivity index (χ3v) is 8.21. The zero-order valence-corrected chi connectivity index (χ0v) is 24.1. The van der Waals surface area contributed by atoms with Gasteiger partial charge in [-0.3, -0.25) is 0 Å². The third-order valence-electron chi connectivity index (χ3n) is 8.21. The number of fused-ring (bicyclic) bond motifs is 3. The van der Waals surface area contributed by atoms with E-state index >= 15 is 0 Å². The van der Waals surface area contributed by atoms with Gasteiger partial charge in [0, 0.05) is 33.4 Å². The smallest absolute Gasteiger partial charge is 0.143 e. The maximum Gasteiger partial charge on any atom is 0.143 e. The molecule has 208 valence electrons. The Balaban J connectivity index is 1.44. The van der Waals surface area contributed by atoms with E-state index in [1.165, 1.54) is 22.3 Å². The van der Waals surface area contributed by atoms with Gasteiger partial charge in [0.15, 0.2) is 0 Å². The summed E-state index contributed by atoms with van der Waals surface area (Å²) in [5.74, 6) is 0. The molecule has 0 radical (unpaired) electrons. The molecule has 1 aromatic heterocycles. The van der Waals surface area contributed by atoms with Gasteiger partial charge < -0.3 is 9.32 Å². The Kier molecular flexibility index (Phi) is 6.51. The van der Waals surface area contributed by atoms with Crippen LogP contribution in [-0.4, -0.2) is 0 Å². The van der Waals surface area contributed by atoms with Crippen LogP contribution in [0.1, 0.15) is 0 Å². The predicted octanol–water partition coefficient (Wildman–Crippen LogP) is 12.1. The van der Waals surface area contributed by atoms with Gasteiger partial charge in [0.25, 0.3) is 0 Å². The molecule has 8 rings (SSSR count). The summed E-state index contributed by atoms with van der Waals surface area (Å²) >= 11 is 0. The van der Waals surface area contributed by atoms with Gasteiger partial charge in [0.2, 0.25) is 0 Å². The molecule has 0 atom stereocenters. The molecule has 0 amide bonds. The second-order valence-corrected chi connectivity index (χ2v) is 11.0. The largest absolute Gasteiger partial charge is 0.455 e. The van der Waals surface area contributed by atoms with E-state index in [1.807, 2.05) is 6.07 Å². The van der Waals surface area contributed by atoms with Crippen molar-refractivity contribution in [2.45, 2.75) is 0 Å². The molecule has 0 saturated carbocycles. The maximum atomic E-state index is 6.66. The van der Waals surface area contributed by atoms with Crippen LogP contribution in [0, 0.1) is 0 Å². The maximum absolute atomic E-state index is 6.66. The Morgan fingerprint density at radius 1 is 0.341 bits per heavy atom. The molecule has 8 aromatic rings. The standard InChI is InChI=1S/C42H29NO/c1-5-15-30(16-6-1)32-25-33(31-17-7-2-8-18-31)27-34(26-32)39-28-37(29-40-38-23-13-14-24-41(38)44-42(39)40)43(35-19-9-3-10-20-35)36-21-11-4-12-22-36/h1-29H. The van der Waals surface area contributed by atoms with Gasteiger partial charge >= 0.3 is 0 Å². The van der Waals surface area contributed by atoms with Crippen molar-refractivity contribution in [3.63, 3.8) is 0 Å². The molecular weight excluding hydrogens is 534 g/mol. The summed E-state index contributed by atoms with van der Waals surface area (Å²) in [7, 11) is 0. The average Bonchev–Trinajstić information content (AvgIpc) is 3.48. The molecule has 2 heteroatoms. The number of benzene rings is 7. The Morgan fingerprint density at radius 3 is 1.39 bits per heavy atom. The van der Waals surface area contributed by atoms with E-state index in [2.05, 4.69) is 175 Å². The predicted molar refractivity (Wildman–Crippen MR) is 185 cm³/mol. The van der Waals surface area contributed by atoms with E-state index in [9.17, 15) is 0 Å². The molecule has 0 fully saturated rings. The summed E-state index contributed by atoms with van der Waals surface area (Å²) in [6, 6.07) is 62.1. The van der Waals surface area contributed by atoms with Crippen molar-refractivity contribution in [2.24, 2.45) is 0 Å². The minimum Gasteiger partial charge on any atom is -0.455 e. The van der Waals surface area contributed by atoms with Gasteiger partial charge in [-0.1, -0.05) is 115 Å². The summed E-state index contributed by atoms with van der Waals surface area (Å²) in [4.78, 5) is 2.32. The Labute approximate surface area is 257 Å².